The minimum atomic E-state index is 0.400. The zero-order valence-electron chi connectivity index (χ0n) is 14.2. The zero-order valence-corrected chi connectivity index (χ0v) is 15.8. The van der Waals surface area contributed by atoms with Gasteiger partial charge in [0.25, 0.3) is 0 Å². The molecule has 2 aromatic carbocycles. The smallest absolute Gasteiger partial charge is 0.180 e. The van der Waals surface area contributed by atoms with Crippen molar-refractivity contribution in [1.29, 1.82) is 0 Å². The van der Waals surface area contributed by atoms with Crippen molar-refractivity contribution in [2.24, 2.45) is 0 Å². The van der Waals surface area contributed by atoms with Crippen LogP contribution >= 0.6 is 23.8 Å². The van der Waals surface area contributed by atoms with Gasteiger partial charge < -0.3 is 19.2 Å². The topological polar surface area (TPSA) is 43.6 Å². The summed E-state index contributed by atoms with van der Waals surface area (Å²) in [6, 6.07) is 17.1. The van der Waals surface area contributed by atoms with Gasteiger partial charge in [0.05, 0.1) is 24.9 Å². The molecule has 6 heteroatoms. The molecule has 1 aromatic heterocycles. The number of rotatable bonds is 7. The number of benzene rings is 2. The van der Waals surface area contributed by atoms with Gasteiger partial charge in [-0.3, -0.25) is 0 Å². The van der Waals surface area contributed by atoms with Crippen molar-refractivity contribution in [2.45, 2.75) is 13.2 Å². The summed E-state index contributed by atoms with van der Waals surface area (Å²) < 4.78 is 16.6. The highest BCUT2D eigenvalue weighted by molar-refractivity contribution is 7.80. The van der Waals surface area contributed by atoms with Crippen LogP contribution in [-0.4, -0.2) is 12.1 Å². The van der Waals surface area contributed by atoms with E-state index in [9.17, 15) is 0 Å². The zero-order chi connectivity index (χ0) is 18.4. The molecule has 1 N–H and O–H groups in total. The molecule has 3 aromatic rings. The van der Waals surface area contributed by atoms with E-state index in [1.54, 1.807) is 19.4 Å². The van der Waals surface area contributed by atoms with Crippen molar-refractivity contribution >= 4 is 28.8 Å². The molecule has 0 aliphatic rings. The molecule has 1 heterocycles. The molecule has 0 spiro atoms. The lowest BCUT2D eigenvalue weighted by Gasteiger charge is -2.15. The lowest BCUT2D eigenvalue weighted by molar-refractivity contribution is 0.284. The first-order valence-electron chi connectivity index (χ1n) is 8.02. The molecule has 0 fully saturated rings. The van der Waals surface area contributed by atoms with Gasteiger partial charge >= 0.3 is 0 Å². The maximum Gasteiger partial charge on any atom is 0.180 e. The summed E-state index contributed by atoms with van der Waals surface area (Å²) in [5.41, 5.74) is 1.80. The average Bonchev–Trinajstić information content (AvgIpc) is 3.19. The number of thiocarbonyl (C=S) groups is 1. The highest BCUT2D eigenvalue weighted by Crippen LogP contribution is 2.37. The fourth-order valence-corrected chi connectivity index (χ4v) is 2.86. The molecule has 3 rings (SSSR count). The highest BCUT2D eigenvalue weighted by atomic mass is 35.5. The third-order valence-corrected chi connectivity index (χ3v) is 4.38. The molecule has 0 radical (unpaired) electrons. The number of furan rings is 1. The molecule has 0 bridgehead atoms. The lowest BCUT2D eigenvalue weighted by atomic mass is 10.2. The number of nitrogens with one attached hydrogen (secondary N) is 1. The Kier molecular flexibility index (Phi) is 6.15. The highest BCUT2D eigenvalue weighted by Gasteiger charge is 2.14. The first kappa shape index (κ1) is 18.3. The van der Waals surface area contributed by atoms with Crippen LogP contribution in [0.5, 0.6) is 11.5 Å². The van der Waals surface area contributed by atoms with E-state index in [0.29, 0.717) is 34.7 Å². The van der Waals surface area contributed by atoms with Gasteiger partial charge in [0.2, 0.25) is 0 Å². The molecule has 0 aliphatic heterocycles. The number of hydrogen-bond donors (Lipinski definition) is 1. The molecular formula is C20H18ClNO3S. The number of ether oxygens (including phenoxy) is 2. The predicted octanol–water partition coefficient (Wildman–Crippen LogP) is 4.99. The Hall–Kier alpha value is -2.50. The Labute approximate surface area is 162 Å². The third-order valence-electron chi connectivity index (χ3n) is 3.72. The van der Waals surface area contributed by atoms with E-state index in [1.807, 2.05) is 48.5 Å². The average molecular weight is 388 g/mol. The van der Waals surface area contributed by atoms with E-state index in [0.717, 1.165) is 16.9 Å². The van der Waals surface area contributed by atoms with Crippen molar-refractivity contribution in [2.75, 3.05) is 7.11 Å². The van der Waals surface area contributed by atoms with E-state index < -0.39 is 0 Å². The van der Waals surface area contributed by atoms with Crippen molar-refractivity contribution in [3.8, 4) is 11.5 Å². The molecule has 0 atom stereocenters. The first-order valence-corrected chi connectivity index (χ1v) is 8.81. The summed E-state index contributed by atoms with van der Waals surface area (Å²) in [5, 5.41) is 3.58. The summed E-state index contributed by atoms with van der Waals surface area (Å²) in [7, 11) is 1.57. The van der Waals surface area contributed by atoms with Gasteiger partial charge in [-0.2, -0.15) is 0 Å². The fraction of sp³-hybridized carbons (Fsp3) is 0.150. The molecule has 0 unspecified atom stereocenters. The second-order valence-electron chi connectivity index (χ2n) is 5.53. The maximum absolute atomic E-state index is 6.41. The Morgan fingerprint density at radius 1 is 1.15 bits per heavy atom. The van der Waals surface area contributed by atoms with Crippen LogP contribution in [0.4, 0.5) is 0 Å². The minimum absolute atomic E-state index is 0.400. The third kappa shape index (κ3) is 4.56. The van der Waals surface area contributed by atoms with Crippen LogP contribution in [-0.2, 0) is 13.2 Å². The quantitative estimate of drug-likeness (QED) is 0.579. The number of methoxy groups -OCH3 is 1. The Bertz CT molecular complexity index is 866. The van der Waals surface area contributed by atoms with Gasteiger partial charge in [0.1, 0.15) is 17.4 Å². The van der Waals surface area contributed by atoms with Crippen LogP contribution in [0.1, 0.15) is 16.9 Å². The monoisotopic (exact) mass is 387 g/mol. The van der Waals surface area contributed by atoms with E-state index in [-0.39, 0.29) is 0 Å². The van der Waals surface area contributed by atoms with Gasteiger partial charge in [-0.25, -0.2) is 0 Å². The SMILES string of the molecule is COc1cc(C(=S)NCc2ccco2)cc(Cl)c1OCc1ccccc1. The Balaban J connectivity index is 1.72. The summed E-state index contributed by atoms with van der Waals surface area (Å²) in [5.74, 6) is 1.83. The largest absolute Gasteiger partial charge is 0.493 e. The second kappa shape index (κ2) is 8.74. The molecule has 26 heavy (non-hydrogen) atoms. The van der Waals surface area contributed by atoms with Gasteiger partial charge in [-0.1, -0.05) is 54.2 Å². The van der Waals surface area contributed by atoms with Crippen LogP contribution in [0.15, 0.2) is 65.3 Å². The van der Waals surface area contributed by atoms with Gasteiger partial charge in [-0.15, -0.1) is 0 Å². The predicted molar refractivity (Wildman–Crippen MR) is 106 cm³/mol. The summed E-state index contributed by atoms with van der Waals surface area (Å²) in [6.07, 6.45) is 1.62. The van der Waals surface area contributed by atoms with Crippen molar-refractivity contribution in [1.82, 2.24) is 5.32 Å². The lowest BCUT2D eigenvalue weighted by Crippen LogP contribution is -2.21. The van der Waals surface area contributed by atoms with Crippen molar-refractivity contribution in [3.63, 3.8) is 0 Å². The molecule has 0 aliphatic carbocycles. The number of halogens is 1. The normalized spacial score (nSPS) is 10.4. The first-order chi connectivity index (χ1) is 12.7. The molecule has 0 amide bonds. The second-order valence-corrected chi connectivity index (χ2v) is 6.34. The van der Waals surface area contributed by atoms with E-state index in [2.05, 4.69) is 5.32 Å². The van der Waals surface area contributed by atoms with E-state index in [1.165, 1.54) is 0 Å². The molecule has 134 valence electrons. The van der Waals surface area contributed by atoms with Gasteiger partial charge in [0, 0.05) is 5.56 Å². The van der Waals surface area contributed by atoms with Gasteiger partial charge in [-0.05, 0) is 29.8 Å². The Morgan fingerprint density at radius 2 is 1.96 bits per heavy atom. The van der Waals surface area contributed by atoms with Crippen LogP contribution < -0.4 is 14.8 Å². The molecule has 0 saturated carbocycles. The number of hydrogen-bond acceptors (Lipinski definition) is 4. The maximum atomic E-state index is 6.41. The van der Waals surface area contributed by atoms with Crippen LogP contribution in [0, 0.1) is 0 Å². The van der Waals surface area contributed by atoms with Crippen molar-refractivity contribution < 1.29 is 13.9 Å². The van der Waals surface area contributed by atoms with Crippen LogP contribution in [0.25, 0.3) is 0 Å². The summed E-state index contributed by atoms with van der Waals surface area (Å²) in [4.78, 5) is 0.552. The van der Waals surface area contributed by atoms with E-state index >= 15 is 0 Å². The summed E-state index contributed by atoms with van der Waals surface area (Å²) in [6.45, 7) is 0.898. The molecular weight excluding hydrogens is 370 g/mol. The summed E-state index contributed by atoms with van der Waals surface area (Å²) >= 11 is 11.8. The van der Waals surface area contributed by atoms with Crippen LogP contribution in [0.3, 0.4) is 0 Å². The van der Waals surface area contributed by atoms with Gasteiger partial charge in [0.15, 0.2) is 11.5 Å². The minimum Gasteiger partial charge on any atom is -0.493 e. The molecule has 0 saturated heterocycles. The van der Waals surface area contributed by atoms with Crippen molar-refractivity contribution in [3.05, 3.63) is 82.8 Å². The fourth-order valence-electron chi connectivity index (χ4n) is 2.40. The standard InChI is InChI=1S/C20H18ClNO3S/c1-23-18-11-15(20(26)22-12-16-8-5-9-24-16)10-17(21)19(18)25-13-14-6-3-2-4-7-14/h2-11H,12-13H2,1H3,(H,22,26). The van der Waals surface area contributed by atoms with E-state index in [4.69, 9.17) is 37.7 Å². The Morgan fingerprint density at radius 3 is 2.65 bits per heavy atom. The van der Waals surface area contributed by atoms with Crippen LogP contribution in [0.2, 0.25) is 5.02 Å². The molecule has 4 nitrogen and oxygen atoms in total.